The summed E-state index contributed by atoms with van der Waals surface area (Å²) in [6.07, 6.45) is -3.05. The highest BCUT2D eigenvalue weighted by molar-refractivity contribution is 5.67. The van der Waals surface area contributed by atoms with Gasteiger partial charge in [0.1, 0.15) is 0 Å². The van der Waals surface area contributed by atoms with Crippen molar-refractivity contribution in [2.75, 3.05) is 33.0 Å². The van der Waals surface area contributed by atoms with E-state index in [2.05, 4.69) is 16.0 Å². The quantitative estimate of drug-likeness (QED) is 0.427. The summed E-state index contributed by atoms with van der Waals surface area (Å²) >= 11 is 0. The molecule has 1 aromatic rings. The van der Waals surface area contributed by atoms with E-state index in [1.807, 2.05) is 4.90 Å². The lowest BCUT2D eigenvalue weighted by molar-refractivity contribution is -0.139. The van der Waals surface area contributed by atoms with Gasteiger partial charge >= 0.3 is 12.1 Å². The zero-order valence-electron chi connectivity index (χ0n) is 19.6. The van der Waals surface area contributed by atoms with Crippen LogP contribution in [0.1, 0.15) is 49.3 Å². The van der Waals surface area contributed by atoms with Crippen molar-refractivity contribution in [2.45, 2.75) is 62.8 Å². The van der Waals surface area contributed by atoms with E-state index in [1.54, 1.807) is 0 Å². The minimum absolute atomic E-state index is 0.212. The van der Waals surface area contributed by atoms with Gasteiger partial charge in [0.25, 0.3) is 0 Å². The average molecular weight is 503 g/mol. The number of carbonyl (C=O) groups is 1. The summed E-state index contributed by atoms with van der Waals surface area (Å²) in [4.78, 5) is 12.9. The zero-order chi connectivity index (χ0) is 25.0. The molecule has 3 fully saturated rings. The molecular weight excluding hydrogens is 468 g/mol. The Hall–Kier alpha value is -1.79. The third kappa shape index (κ3) is 6.71. The van der Waals surface area contributed by atoms with E-state index >= 15 is 4.39 Å². The lowest BCUT2D eigenvalue weighted by atomic mass is 9.80. The van der Waals surface area contributed by atoms with Crippen LogP contribution < -0.4 is 16.0 Å². The summed E-state index contributed by atoms with van der Waals surface area (Å²) in [5, 5.41) is 18.6. The first-order valence-corrected chi connectivity index (χ1v) is 12.3. The number of hydrogen-bond donors (Lipinski definition) is 4. The van der Waals surface area contributed by atoms with Crippen LogP contribution in [0.15, 0.2) is 24.3 Å². The minimum Gasteiger partial charge on any atom is -0.481 e. The monoisotopic (exact) mass is 502 g/mol. The molecule has 2 aliphatic heterocycles. The van der Waals surface area contributed by atoms with Gasteiger partial charge in [0.05, 0.1) is 37.2 Å². The number of aliphatic carboxylic acids is 1. The topological polar surface area (TPSA) is 85.9 Å². The Morgan fingerprint density at radius 1 is 1.11 bits per heavy atom. The Kier molecular flexibility index (Phi) is 8.64. The highest BCUT2D eigenvalue weighted by Crippen LogP contribution is 2.33. The Morgan fingerprint density at radius 3 is 2.46 bits per heavy atom. The predicted molar refractivity (Wildman–Crippen MR) is 121 cm³/mol. The van der Waals surface area contributed by atoms with E-state index in [-0.39, 0.29) is 25.0 Å². The van der Waals surface area contributed by atoms with E-state index < -0.39 is 36.2 Å². The van der Waals surface area contributed by atoms with E-state index in [1.165, 1.54) is 12.1 Å². The number of carboxylic acids is 1. The number of nitrogens with zero attached hydrogens (tertiary/aromatic N) is 1. The number of hydrogen-bond acceptors (Lipinski definition) is 6. The molecule has 4 N–H and O–H groups in total. The summed E-state index contributed by atoms with van der Waals surface area (Å²) in [5.74, 6) is -0.150. The van der Waals surface area contributed by atoms with Crippen molar-refractivity contribution in [3.05, 3.63) is 35.4 Å². The third-order valence-electron chi connectivity index (χ3n) is 7.46. The number of halogens is 4. The van der Waals surface area contributed by atoms with Gasteiger partial charge in [-0.1, -0.05) is 12.1 Å². The van der Waals surface area contributed by atoms with Crippen LogP contribution in [0.25, 0.3) is 0 Å². The molecule has 1 aromatic carbocycles. The normalized spacial score (nSPS) is 32.9. The van der Waals surface area contributed by atoms with Crippen molar-refractivity contribution in [1.82, 2.24) is 20.9 Å². The molecule has 4 rings (SSSR count). The van der Waals surface area contributed by atoms with Crippen molar-refractivity contribution in [2.24, 2.45) is 11.8 Å². The molecule has 196 valence electrons. The van der Waals surface area contributed by atoms with Gasteiger partial charge in [0.15, 0.2) is 6.17 Å². The Morgan fingerprint density at radius 2 is 1.80 bits per heavy atom. The number of nitrogens with one attached hydrogen (secondary N) is 3. The number of morpholine rings is 1. The molecular formula is C24H34F4N4O3. The third-order valence-corrected chi connectivity index (χ3v) is 7.46. The molecule has 7 nitrogen and oxygen atoms in total. The molecule has 0 spiro atoms. The highest BCUT2D eigenvalue weighted by atomic mass is 19.4. The minimum atomic E-state index is -4.41. The molecule has 0 amide bonds. The van der Waals surface area contributed by atoms with Crippen LogP contribution in [-0.2, 0) is 15.7 Å². The van der Waals surface area contributed by atoms with Crippen molar-refractivity contribution >= 4 is 5.97 Å². The summed E-state index contributed by atoms with van der Waals surface area (Å²) < 4.78 is 60.2. The van der Waals surface area contributed by atoms with Crippen molar-refractivity contribution in [3.63, 3.8) is 0 Å². The molecule has 4 atom stereocenters. The molecule has 3 aliphatic rings. The van der Waals surface area contributed by atoms with Crippen molar-refractivity contribution < 1.29 is 32.2 Å². The van der Waals surface area contributed by atoms with Crippen LogP contribution in [0.2, 0.25) is 0 Å². The number of carboxylic acid groups (broad SMARTS) is 1. The van der Waals surface area contributed by atoms with Crippen molar-refractivity contribution in [3.8, 4) is 0 Å². The summed E-state index contributed by atoms with van der Waals surface area (Å²) in [5.41, 5.74) is -0.0537. The standard InChI is InChI=1S/C24H34F4N4O3/c25-21-22(29-12-16-3-1-15(2-4-16)11-20(33)34)30-14-31-23(21)32-9-10-35-13-19(32)17-5-7-18(8-6-17)24(26,27)28/h5-8,15-16,19,21-23,29-31H,1-4,9-14H2,(H,33,34)/t15?,16?,19-,21?,22?,23?/m1/s1. The van der Waals surface area contributed by atoms with E-state index in [4.69, 9.17) is 9.84 Å². The van der Waals surface area contributed by atoms with Crippen LogP contribution in [0, 0.1) is 11.8 Å². The molecule has 0 radical (unpaired) electrons. The van der Waals surface area contributed by atoms with E-state index in [9.17, 15) is 18.0 Å². The van der Waals surface area contributed by atoms with Gasteiger partial charge in [-0.15, -0.1) is 0 Å². The van der Waals surface area contributed by atoms with Crippen LogP contribution in [0.3, 0.4) is 0 Å². The average Bonchev–Trinajstić information content (AvgIpc) is 2.84. The molecule has 35 heavy (non-hydrogen) atoms. The molecule has 1 aliphatic carbocycles. The smallest absolute Gasteiger partial charge is 0.416 e. The second-order valence-electron chi connectivity index (χ2n) is 9.79. The van der Waals surface area contributed by atoms with E-state index in [0.29, 0.717) is 37.8 Å². The summed E-state index contributed by atoms with van der Waals surface area (Å²) in [6, 6.07) is 4.64. The van der Waals surface area contributed by atoms with Gasteiger partial charge in [-0.2, -0.15) is 13.2 Å². The van der Waals surface area contributed by atoms with Gasteiger partial charge in [0.2, 0.25) is 0 Å². The van der Waals surface area contributed by atoms with Crippen LogP contribution in [-0.4, -0.2) is 67.5 Å². The molecule has 3 unspecified atom stereocenters. The SMILES string of the molecule is O=C(O)CC1CCC(CNC2NCNC(N3CCOC[C@@H]3c3ccc(C(F)(F)F)cc3)C2F)CC1. The lowest BCUT2D eigenvalue weighted by Crippen LogP contribution is -2.69. The highest BCUT2D eigenvalue weighted by Gasteiger charge is 2.41. The predicted octanol–water partition coefficient (Wildman–Crippen LogP) is 3.09. The van der Waals surface area contributed by atoms with Gasteiger partial charge in [-0.25, -0.2) is 4.39 Å². The maximum atomic E-state index is 15.7. The number of ether oxygens (including phenoxy) is 1. The first kappa shape index (κ1) is 26.3. The largest absolute Gasteiger partial charge is 0.481 e. The maximum absolute atomic E-state index is 15.7. The summed E-state index contributed by atoms with van der Waals surface area (Å²) in [6.45, 7) is 2.21. The fourth-order valence-electron chi connectivity index (χ4n) is 5.48. The molecule has 0 bridgehead atoms. The maximum Gasteiger partial charge on any atom is 0.416 e. The Labute approximate surface area is 202 Å². The molecule has 2 heterocycles. The Balaban J connectivity index is 1.35. The Bertz CT molecular complexity index is 833. The summed E-state index contributed by atoms with van der Waals surface area (Å²) in [7, 11) is 0. The van der Waals surface area contributed by atoms with Gasteiger partial charge in [-0.3, -0.25) is 25.6 Å². The van der Waals surface area contributed by atoms with Gasteiger partial charge in [-0.05, 0) is 61.8 Å². The molecule has 11 heteroatoms. The molecule has 1 saturated carbocycles. The zero-order valence-corrected chi connectivity index (χ0v) is 19.6. The number of benzene rings is 1. The van der Waals surface area contributed by atoms with Gasteiger partial charge < -0.3 is 9.84 Å². The second-order valence-corrected chi connectivity index (χ2v) is 9.79. The fourth-order valence-corrected chi connectivity index (χ4v) is 5.48. The molecule has 2 saturated heterocycles. The van der Waals surface area contributed by atoms with Crippen molar-refractivity contribution in [1.29, 1.82) is 0 Å². The van der Waals surface area contributed by atoms with Crippen LogP contribution >= 0.6 is 0 Å². The second kappa shape index (κ2) is 11.5. The number of alkyl halides is 4. The van der Waals surface area contributed by atoms with Crippen LogP contribution in [0.5, 0.6) is 0 Å². The van der Waals surface area contributed by atoms with Gasteiger partial charge in [0, 0.05) is 19.6 Å². The van der Waals surface area contributed by atoms with E-state index in [0.717, 1.165) is 37.8 Å². The first-order chi connectivity index (χ1) is 16.7. The molecule has 0 aromatic heterocycles. The van der Waals surface area contributed by atoms with Crippen LogP contribution in [0.4, 0.5) is 17.6 Å². The number of rotatable bonds is 7. The first-order valence-electron chi connectivity index (χ1n) is 12.3. The lowest BCUT2D eigenvalue weighted by Gasteiger charge is -2.46. The fraction of sp³-hybridized carbons (Fsp3) is 0.708.